The number of benzene rings is 2. The molecule has 224 valence electrons. The van der Waals surface area contributed by atoms with Crippen LogP contribution in [0.2, 0.25) is 0 Å². The van der Waals surface area contributed by atoms with E-state index in [1.165, 1.54) is 23.5 Å². The topological polar surface area (TPSA) is 113 Å². The highest BCUT2D eigenvalue weighted by molar-refractivity contribution is 7.17. The second kappa shape index (κ2) is 12.4. The summed E-state index contributed by atoms with van der Waals surface area (Å²) in [5.74, 6) is -0.816. The van der Waals surface area contributed by atoms with Gasteiger partial charge in [0.05, 0.1) is 17.6 Å². The molecule has 0 aliphatic carbocycles. The van der Waals surface area contributed by atoms with Crippen molar-refractivity contribution in [3.05, 3.63) is 59.5 Å². The number of amides is 3. The second-order valence-corrected chi connectivity index (χ2v) is 12.8. The van der Waals surface area contributed by atoms with Gasteiger partial charge in [0.2, 0.25) is 0 Å². The highest BCUT2D eigenvalue weighted by Gasteiger charge is 2.27. The number of anilines is 3. The Labute approximate surface area is 248 Å². The largest absolute Gasteiger partial charge is 0.444 e. The maximum Gasteiger partial charge on any atom is 0.412 e. The van der Waals surface area contributed by atoms with Crippen LogP contribution in [-0.2, 0) is 9.47 Å². The molecule has 12 heteroatoms. The fraction of sp³-hybridized carbons (Fsp3) is 0.400. The number of hydrogen-bond donors (Lipinski definition) is 2. The zero-order valence-corrected chi connectivity index (χ0v) is 25.4. The molecule has 4 rings (SSSR count). The van der Waals surface area contributed by atoms with E-state index in [-0.39, 0.29) is 16.9 Å². The van der Waals surface area contributed by atoms with Crippen molar-refractivity contribution in [1.29, 1.82) is 0 Å². The number of rotatable bonds is 5. The Morgan fingerprint density at radius 3 is 2.07 bits per heavy atom. The predicted molar refractivity (Wildman–Crippen MR) is 162 cm³/mol. The second-order valence-electron chi connectivity index (χ2n) is 11.8. The zero-order valence-electron chi connectivity index (χ0n) is 24.6. The molecule has 2 aromatic carbocycles. The minimum Gasteiger partial charge on any atom is -0.444 e. The number of piperazine rings is 1. The average molecular weight is 598 g/mol. The molecule has 0 saturated carbocycles. The van der Waals surface area contributed by atoms with Gasteiger partial charge in [-0.1, -0.05) is 29.5 Å². The lowest BCUT2D eigenvalue weighted by atomic mass is 10.0. The number of carbonyl (C=O) groups is 3. The molecule has 1 aliphatic rings. The van der Waals surface area contributed by atoms with Gasteiger partial charge >= 0.3 is 12.2 Å². The SMILES string of the molecule is CC(C)(C)OC(=O)Nc1ccc(-c2ccc(F)cc2)cc1NC(=O)c1ncc(N2CCN(C(=O)OC(C)(C)C)CC2)s1. The fourth-order valence-electron chi connectivity index (χ4n) is 4.12. The standard InChI is InChI=1S/C30H36FN5O5S/c1-29(2,3)40-27(38)34-22-12-9-20(19-7-10-21(31)11-8-19)17-23(22)33-25(37)26-32-18-24(42-26)35-13-15-36(16-14-35)28(39)41-30(4,5)6/h7-12,17-18H,13-16H2,1-6H3,(H,33,37)(H,34,38). The molecule has 0 spiro atoms. The van der Waals surface area contributed by atoms with E-state index in [9.17, 15) is 18.8 Å². The van der Waals surface area contributed by atoms with Crippen LogP contribution in [0.3, 0.4) is 0 Å². The normalized spacial score (nSPS) is 13.9. The fourth-order valence-corrected chi connectivity index (χ4v) is 4.98. The number of nitrogens with one attached hydrogen (secondary N) is 2. The van der Waals surface area contributed by atoms with E-state index in [1.54, 1.807) is 62.2 Å². The van der Waals surface area contributed by atoms with Crippen LogP contribution < -0.4 is 15.5 Å². The predicted octanol–water partition coefficient (Wildman–Crippen LogP) is 6.61. The Hall–Kier alpha value is -4.19. The number of thiazole rings is 1. The van der Waals surface area contributed by atoms with Gasteiger partial charge in [-0.3, -0.25) is 10.1 Å². The molecular formula is C30H36FN5O5S. The Bertz CT molecular complexity index is 1440. The van der Waals surface area contributed by atoms with E-state index in [0.29, 0.717) is 43.1 Å². The lowest BCUT2D eigenvalue weighted by Gasteiger charge is -2.35. The van der Waals surface area contributed by atoms with Crippen molar-refractivity contribution >= 4 is 45.8 Å². The summed E-state index contributed by atoms with van der Waals surface area (Å²) in [6, 6.07) is 11.1. The third-order valence-corrected chi connectivity index (χ3v) is 7.07. The van der Waals surface area contributed by atoms with Crippen LogP contribution in [0.4, 0.5) is 30.4 Å². The van der Waals surface area contributed by atoms with Crippen molar-refractivity contribution < 1.29 is 28.2 Å². The molecule has 3 aromatic rings. The zero-order chi connectivity index (χ0) is 30.7. The third-order valence-electron chi connectivity index (χ3n) is 6.01. The van der Waals surface area contributed by atoms with Crippen LogP contribution in [0, 0.1) is 5.82 Å². The number of ether oxygens (including phenoxy) is 2. The van der Waals surface area contributed by atoms with Gasteiger partial charge in [-0.25, -0.2) is 19.0 Å². The van der Waals surface area contributed by atoms with Crippen LogP contribution in [0.5, 0.6) is 0 Å². The van der Waals surface area contributed by atoms with Crippen LogP contribution in [0.15, 0.2) is 48.7 Å². The van der Waals surface area contributed by atoms with E-state index < -0.39 is 23.2 Å². The van der Waals surface area contributed by atoms with Crippen molar-refractivity contribution in [3.8, 4) is 11.1 Å². The minimum absolute atomic E-state index is 0.231. The van der Waals surface area contributed by atoms with Gasteiger partial charge in [0.25, 0.3) is 5.91 Å². The molecule has 0 radical (unpaired) electrons. The maximum absolute atomic E-state index is 13.5. The maximum atomic E-state index is 13.5. The van der Waals surface area contributed by atoms with Crippen molar-refractivity contribution in [2.45, 2.75) is 52.7 Å². The molecule has 2 heterocycles. The number of nitrogens with zero attached hydrogens (tertiary/aromatic N) is 3. The summed E-state index contributed by atoms with van der Waals surface area (Å²) < 4.78 is 24.3. The quantitative estimate of drug-likeness (QED) is 0.340. The van der Waals surface area contributed by atoms with Crippen LogP contribution >= 0.6 is 11.3 Å². The number of hydrogen-bond acceptors (Lipinski definition) is 8. The summed E-state index contributed by atoms with van der Waals surface area (Å²) in [6.07, 6.45) is 0.622. The smallest absolute Gasteiger partial charge is 0.412 e. The Balaban J connectivity index is 1.48. The summed E-state index contributed by atoms with van der Waals surface area (Å²) in [5.41, 5.74) is 0.834. The lowest BCUT2D eigenvalue weighted by molar-refractivity contribution is 0.0240. The van der Waals surface area contributed by atoms with Crippen molar-refractivity contribution in [3.63, 3.8) is 0 Å². The molecule has 2 N–H and O–H groups in total. The first-order valence-electron chi connectivity index (χ1n) is 13.6. The molecule has 1 saturated heterocycles. The minimum atomic E-state index is -0.711. The molecule has 0 bridgehead atoms. The summed E-state index contributed by atoms with van der Waals surface area (Å²) in [7, 11) is 0. The number of aromatic nitrogens is 1. The van der Waals surface area contributed by atoms with Gasteiger partial charge in [-0.15, -0.1) is 0 Å². The van der Waals surface area contributed by atoms with Gasteiger partial charge in [0.15, 0.2) is 5.01 Å². The van der Waals surface area contributed by atoms with Crippen LogP contribution in [0.1, 0.15) is 51.3 Å². The molecule has 42 heavy (non-hydrogen) atoms. The third kappa shape index (κ3) is 8.41. The van der Waals surface area contributed by atoms with Gasteiger partial charge in [-0.2, -0.15) is 0 Å². The van der Waals surface area contributed by atoms with Crippen molar-refractivity contribution in [2.24, 2.45) is 0 Å². The summed E-state index contributed by atoms with van der Waals surface area (Å²) >= 11 is 1.23. The summed E-state index contributed by atoms with van der Waals surface area (Å²) in [6.45, 7) is 12.9. The molecule has 1 aromatic heterocycles. The Kier molecular flexibility index (Phi) is 9.05. The first kappa shape index (κ1) is 30.8. The van der Waals surface area contributed by atoms with Crippen LogP contribution in [-0.4, -0.2) is 65.4 Å². The van der Waals surface area contributed by atoms with Crippen molar-refractivity contribution in [1.82, 2.24) is 9.88 Å². The van der Waals surface area contributed by atoms with E-state index in [4.69, 9.17) is 9.47 Å². The summed E-state index contributed by atoms with van der Waals surface area (Å²) in [5, 5.41) is 6.58. The van der Waals surface area contributed by atoms with E-state index >= 15 is 0 Å². The van der Waals surface area contributed by atoms with Gasteiger partial charge < -0.3 is 24.6 Å². The molecule has 1 fully saturated rings. The van der Waals surface area contributed by atoms with Crippen LogP contribution in [0.25, 0.3) is 11.1 Å². The van der Waals surface area contributed by atoms with Gasteiger partial charge in [0.1, 0.15) is 22.0 Å². The van der Waals surface area contributed by atoms with Gasteiger partial charge in [-0.05, 0) is 76.9 Å². The number of halogens is 1. The molecule has 0 atom stereocenters. The lowest BCUT2D eigenvalue weighted by Crippen LogP contribution is -2.49. The van der Waals surface area contributed by atoms with E-state index in [0.717, 1.165) is 10.6 Å². The monoisotopic (exact) mass is 597 g/mol. The first-order chi connectivity index (χ1) is 19.7. The Morgan fingerprint density at radius 2 is 1.45 bits per heavy atom. The first-order valence-corrected chi connectivity index (χ1v) is 14.4. The molecule has 10 nitrogen and oxygen atoms in total. The highest BCUT2D eigenvalue weighted by Crippen LogP contribution is 2.32. The molecule has 0 unspecified atom stereocenters. The summed E-state index contributed by atoms with van der Waals surface area (Å²) in [4.78, 5) is 46.3. The highest BCUT2D eigenvalue weighted by atomic mass is 32.1. The molecule has 1 aliphatic heterocycles. The Morgan fingerprint density at radius 1 is 0.833 bits per heavy atom. The number of carbonyl (C=O) groups excluding carboxylic acids is 3. The molecule has 3 amide bonds. The van der Waals surface area contributed by atoms with E-state index in [1.807, 2.05) is 20.8 Å². The molecular weight excluding hydrogens is 561 g/mol. The van der Waals surface area contributed by atoms with Gasteiger partial charge in [0, 0.05) is 26.2 Å². The average Bonchev–Trinajstić information content (AvgIpc) is 3.39. The van der Waals surface area contributed by atoms with E-state index in [2.05, 4.69) is 20.5 Å². The van der Waals surface area contributed by atoms with Crippen molar-refractivity contribution in [2.75, 3.05) is 41.7 Å².